The van der Waals surface area contributed by atoms with Gasteiger partial charge in [-0.1, -0.05) is 0 Å². The summed E-state index contributed by atoms with van der Waals surface area (Å²) in [7, 11) is 0. The minimum absolute atomic E-state index is 0.0971. The lowest BCUT2D eigenvalue weighted by molar-refractivity contribution is -0.0855. The Bertz CT molecular complexity index is 432. The predicted molar refractivity (Wildman–Crippen MR) is 73.7 cm³/mol. The summed E-state index contributed by atoms with van der Waals surface area (Å²) in [5.41, 5.74) is 0.435. The van der Waals surface area contributed by atoms with Crippen LogP contribution in [0.2, 0.25) is 0 Å². The largest absolute Gasteiger partial charge is 0.507 e. The summed E-state index contributed by atoms with van der Waals surface area (Å²) in [5, 5.41) is 12.3. The minimum Gasteiger partial charge on any atom is -0.507 e. The number of benzene rings is 1. The maximum atomic E-state index is 11.8. The molecule has 0 spiro atoms. The summed E-state index contributed by atoms with van der Waals surface area (Å²) >= 11 is 2.00. The Balaban J connectivity index is 1.88. The van der Waals surface area contributed by atoms with E-state index >= 15 is 0 Å². The summed E-state index contributed by atoms with van der Waals surface area (Å²) in [6.45, 7) is 2.07. The van der Waals surface area contributed by atoms with Crippen molar-refractivity contribution in [2.45, 2.75) is 6.10 Å². The van der Waals surface area contributed by atoms with E-state index in [1.807, 2.05) is 22.6 Å². The Morgan fingerprint density at radius 2 is 2.33 bits per heavy atom. The van der Waals surface area contributed by atoms with Crippen LogP contribution < -0.4 is 5.32 Å². The van der Waals surface area contributed by atoms with E-state index in [9.17, 15) is 9.90 Å². The number of halogens is 1. The maximum absolute atomic E-state index is 11.8. The van der Waals surface area contributed by atoms with Gasteiger partial charge in [-0.15, -0.1) is 0 Å². The second kappa shape index (κ2) is 6.35. The summed E-state index contributed by atoms with van der Waals surface area (Å²) in [6.07, 6.45) is -0.0971. The standard InChI is InChI=1S/C12H14INO4/c13-10-2-1-8(5-11(10)15)12(16)14-6-9-7-17-3-4-18-9/h1-2,5,9,15H,3-4,6-7H2,(H,14,16). The normalized spacial score (nSPS) is 19.5. The molecule has 1 fully saturated rings. The van der Waals surface area contributed by atoms with Crippen molar-refractivity contribution in [3.05, 3.63) is 27.3 Å². The molecular formula is C12H14INO4. The lowest BCUT2D eigenvalue weighted by Gasteiger charge is -2.23. The molecule has 2 rings (SSSR count). The average molecular weight is 363 g/mol. The van der Waals surface area contributed by atoms with Crippen LogP contribution in [0.25, 0.3) is 0 Å². The molecule has 1 unspecified atom stereocenters. The van der Waals surface area contributed by atoms with Gasteiger partial charge < -0.3 is 19.9 Å². The molecule has 98 valence electrons. The molecule has 1 heterocycles. The van der Waals surface area contributed by atoms with E-state index in [2.05, 4.69) is 5.32 Å². The highest BCUT2D eigenvalue weighted by molar-refractivity contribution is 14.1. The van der Waals surface area contributed by atoms with Gasteiger partial charge in [0.2, 0.25) is 0 Å². The van der Waals surface area contributed by atoms with E-state index in [0.717, 1.165) is 0 Å². The van der Waals surface area contributed by atoms with Gasteiger partial charge in [-0.2, -0.15) is 0 Å². The van der Waals surface area contributed by atoms with Crippen molar-refractivity contribution < 1.29 is 19.4 Å². The summed E-state index contributed by atoms with van der Waals surface area (Å²) in [5.74, 6) is -0.114. The number of phenols is 1. The molecule has 1 saturated heterocycles. The molecule has 1 aromatic rings. The van der Waals surface area contributed by atoms with Crippen LogP contribution >= 0.6 is 22.6 Å². The zero-order valence-corrected chi connectivity index (χ0v) is 11.8. The molecule has 1 amide bonds. The molecule has 6 heteroatoms. The first kappa shape index (κ1) is 13.6. The lowest BCUT2D eigenvalue weighted by atomic mass is 10.2. The summed E-state index contributed by atoms with van der Waals surface area (Å²) < 4.78 is 11.4. The Hall–Kier alpha value is -0.860. The van der Waals surface area contributed by atoms with Crippen molar-refractivity contribution in [1.29, 1.82) is 0 Å². The SMILES string of the molecule is O=C(NCC1COCCO1)c1ccc(I)c(O)c1. The molecule has 1 atom stereocenters. The van der Waals surface area contributed by atoms with Gasteiger partial charge in [-0.05, 0) is 40.8 Å². The number of aromatic hydroxyl groups is 1. The topological polar surface area (TPSA) is 67.8 Å². The number of carbonyl (C=O) groups excluding carboxylic acids is 1. The fraction of sp³-hybridized carbons (Fsp3) is 0.417. The third-order valence-electron chi connectivity index (χ3n) is 2.58. The molecule has 0 bridgehead atoms. The van der Waals surface area contributed by atoms with Gasteiger partial charge in [0.25, 0.3) is 5.91 Å². The van der Waals surface area contributed by atoms with Crippen molar-refractivity contribution in [3.63, 3.8) is 0 Å². The highest BCUT2D eigenvalue weighted by atomic mass is 127. The van der Waals surface area contributed by atoms with Crippen molar-refractivity contribution in [2.24, 2.45) is 0 Å². The first-order chi connectivity index (χ1) is 8.66. The number of hydrogen-bond acceptors (Lipinski definition) is 4. The fourth-order valence-electron chi connectivity index (χ4n) is 1.62. The van der Waals surface area contributed by atoms with E-state index in [4.69, 9.17) is 9.47 Å². The summed E-state index contributed by atoms with van der Waals surface area (Å²) in [6, 6.07) is 4.83. The minimum atomic E-state index is -0.226. The van der Waals surface area contributed by atoms with Gasteiger partial charge in [0.05, 0.1) is 29.5 Å². The molecule has 18 heavy (non-hydrogen) atoms. The van der Waals surface area contributed by atoms with Crippen LogP contribution in [0.5, 0.6) is 5.75 Å². The molecule has 2 N–H and O–H groups in total. The number of nitrogens with one attached hydrogen (secondary N) is 1. The average Bonchev–Trinajstić information content (AvgIpc) is 2.40. The lowest BCUT2D eigenvalue weighted by Crippen LogP contribution is -2.39. The van der Waals surface area contributed by atoms with Crippen LogP contribution in [-0.4, -0.2) is 43.5 Å². The van der Waals surface area contributed by atoms with Crippen LogP contribution in [0.3, 0.4) is 0 Å². The van der Waals surface area contributed by atoms with Crippen LogP contribution in [0.4, 0.5) is 0 Å². The first-order valence-electron chi connectivity index (χ1n) is 5.63. The molecular weight excluding hydrogens is 349 g/mol. The van der Waals surface area contributed by atoms with Gasteiger partial charge in [0, 0.05) is 12.1 Å². The Morgan fingerprint density at radius 3 is 3.00 bits per heavy atom. The highest BCUT2D eigenvalue weighted by Crippen LogP contribution is 2.20. The van der Waals surface area contributed by atoms with E-state index in [0.29, 0.717) is 35.5 Å². The number of amides is 1. The molecule has 0 aromatic heterocycles. The van der Waals surface area contributed by atoms with E-state index in [-0.39, 0.29) is 17.8 Å². The van der Waals surface area contributed by atoms with Crippen LogP contribution in [0.15, 0.2) is 18.2 Å². The molecule has 1 aliphatic heterocycles. The molecule has 5 nitrogen and oxygen atoms in total. The molecule has 0 saturated carbocycles. The number of phenolic OH excluding ortho intramolecular Hbond substituents is 1. The second-order valence-electron chi connectivity index (χ2n) is 3.94. The third-order valence-corrected chi connectivity index (χ3v) is 3.50. The molecule has 0 aliphatic carbocycles. The van der Waals surface area contributed by atoms with E-state index in [1.165, 1.54) is 6.07 Å². The number of rotatable bonds is 3. The quantitative estimate of drug-likeness (QED) is 0.791. The number of carbonyl (C=O) groups is 1. The second-order valence-corrected chi connectivity index (χ2v) is 5.11. The van der Waals surface area contributed by atoms with Gasteiger partial charge in [0.1, 0.15) is 5.75 Å². The van der Waals surface area contributed by atoms with Gasteiger partial charge in [-0.3, -0.25) is 4.79 Å². The zero-order valence-electron chi connectivity index (χ0n) is 9.69. The monoisotopic (exact) mass is 363 g/mol. The van der Waals surface area contributed by atoms with Crippen LogP contribution in [0.1, 0.15) is 10.4 Å². The Labute approximate surface area is 119 Å². The predicted octanol–water partition coefficient (Wildman–Crippen LogP) is 1.14. The van der Waals surface area contributed by atoms with Gasteiger partial charge in [0.15, 0.2) is 0 Å². The Morgan fingerprint density at radius 1 is 1.50 bits per heavy atom. The fourth-order valence-corrected chi connectivity index (χ4v) is 1.95. The van der Waals surface area contributed by atoms with Crippen molar-refractivity contribution in [1.82, 2.24) is 5.32 Å². The first-order valence-corrected chi connectivity index (χ1v) is 6.71. The number of hydrogen-bond donors (Lipinski definition) is 2. The maximum Gasteiger partial charge on any atom is 0.251 e. The van der Waals surface area contributed by atoms with E-state index in [1.54, 1.807) is 12.1 Å². The van der Waals surface area contributed by atoms with Crippen LogP contribution in [0, 0.1) is 3.57 Å². The van der Waals surface area contributed by atoms with Crippen molar-refractivity contribution in [3.8, 4) is 5.75 Å². The molecule has 0 radical (unpaired) electrons. The zero-order chi connectivity index (χ0) is 13.0. The van der Waals surface area contributed by atoms with E-state index < -0.39 is 0 Å². The number of ether oxygens (including phenoxy) is 2. The third kappa shape index (κ3) is 3.56. The highest BCUT2D eigenvalue weighted by Gasteiger charge is 2.16. The smallest absolute Gasteiger partial charge is 0.251 e. The summed E-state index contributed by atoms with van der Waals surface area (Å²) in [4.78, 5) is 11.8. The van der Waals surface area contributed by atoms with Gasteiger partial charge in [-0.25, -0.2) is 0 Å². The molecule has 1 aromatic carbocycles. The van der Waals surface area contributed by atoms with Crippen molar-refractivity contribution in [2.75, 3.05) is 26.4 Å². The molecule has 1 aliphatic rings. The Kier molecular flexibility index (Phi) is 4.79. The van der Waals surface area contributed by atoms with Crippen LogP contribution in [-0.2, 0) is 9.47 Å². The van der Waals surface area contributed by atoms with Crippen molar-refractivity contribution >= 4 is 28.5 Å². The van der Waals surface area contributed by atoms with Gasteiger partial charge >= 0.3 is 0 Å².